The Bertz CT molecular complexity index is 1200. The molecule has 1 atom stereocenters. The monoisotopic (exact) mass is 517 g/mol. The number of carbonyl (C=O) groups is 3. The number of hydrogen-bond acceptors (Lipinski definition) is 6. The van der Waals surface area contributed by atoms with Crippen molar-refractivity contribution < 1.29 is 27.5 Å². The first-order chi connectivity index (χ1) is 16.8. The van der Waals surface area contributed by atoms with E-state index in [0.717, 1.165) is 16.1 Å². The van der Waals surface area contributed by atoms with Gasteiger partial charge in [0.15, 0.2) is 5.78 Å². The van der Waals surface area contributed by atoms with Gasteiger partial charge in [-0.25, -0.2) is 8.42 Å². The number of anilines is 1. The molecule has 0 aliphatic heterocycles. The van der Waals surface area contributed by atoms with E-state index in [-0.39, 0.29) is 29.8 Å². The normalized spacial score (nSPS) is 12.1. The number of methoxy groups -OCH3 is 1. The molecule has 2 aromatic carbocycles. The summed E-state index contributed by atoms with van der Waals surface area (Å²) < 4.78 is 31.6. The van der Waals surface area contributed by atoms with Gasteiger partial charge >= 0.3 is 0 Å². The van der Waals surface area contributed by atoms with Gasteiger partial charge < -0.3 is 15.0 Å². The van der Waals surface area contributed by atoms with Crippen LogP contribution in [0.4, 0.5) is 5.69 Å². The molecule has 2 rings (SSSR count). The third kappa shape index (κ3) is 8.08. The number of ether oxygens (including phenoxy) is 1. The highest BCUT2D eigenvalue weighted by molar-refractivity contribution is 7.92. The van der Waals surface area contributed by atoms with Crippen molar-refractivity contribution in [2.75, 3.05) is 30.8 Å². The van der Waals surface area contributed by atoms with Crippen LogP contribution in [0.1, 0.15) is 43.6 Å². The van der Waals surface area contributed by atoms with Crippen molar-refractivity contribution in [1.29, 1.82) is 0 Å². The van der Waals surface area contributed by atoms with Crippen LogP contribution < -0.4 is 14.4 Å². The van der Waals surface area contributed by atoms with Crippen LogP contribution in [0, 0.1) is 5.92 Å². The largest absolute Gasteiger partial charge is 0.497 e. The fourth-order valence-electron chi connectivity index (χ4n) is 3.50. The van der Waals surface area contributed by atoms with Crippen LogP contribution in [0.5, 0.6) is 5.75 Å². The minimum Gasteiger partial charge on any atom is -0.497 e. The lowest BCUT2D eigenvalue weighted by Crippen LogP contribution is -2.51. The highest BCUT2D eigenvalue weighted by Crippen LogP contribution is 2.21. The zero-order chi connectivity index (χ0) is 27.0. The van der Waals surface area contributed by atoms with Crippen molar-refractivity contribution in [2.45, 2.75) is 40.3 Å². The first kappa shape index (κ1) is 28.8. The Morgan fingerprint density at radius 2 is 1.69 bits per heavy atom. The number of hydrogen-bond donors (Lipinski definition) is 1. The molecule has 0 aliphatic rings. The number of carbonyl (C=O) groups excluding carboxylic acids is 3. The lowest BCUT2D eigenvalue weighted by molar-refractivity contribution is -0.139. The second-order valence-electron chi connectivity index (χ2n) is 9.06. The lowest BCUT2D eigenvalue weighted by Gasteiger charge is -2.31. The van der Waals surface area contributed by atoms with Gasteiger partial charge in [-0.1, -0.05) is 38.1 Å². The van der Waals surface area contributed by atoms with Gasteiger partial charge in [-0.15, -0.1) is 0 Å². The van der Waals surface area contributed by atoms with Crippen LogP contribution in [0.15, 0.2) is 48.5 Å². The maximum Gasteiger partial charge on any atom is 0.244 e. The molecule has 1 N–H and O–H groups in total. The SMILES string of the molecule is COc1cccc(CN(C(=O)CN(c2cccc(C(C)=O)c2)S(C)(=O)=O)C(C)C(=O)NCC(C)C)c1. The number of rotatable bonds is 12. The fraction of sp³-hybridized carbons (Fsp3) is 0.423. The first-order valence-electron chi connectivity index (χ1n) is 11.6. The minimum absolute atomic E-state index is 0.0669. The van der Waals surface area contributed by atoms with E-state index in [1.165, 1.54) is 31.1 Å². The molecular formula is C26H35N3O6S. The van der Waals surface area contributed by atoms with Crippen LogP contribution in [-0.4, -0.2) is 63.4 Å². The molecule has 1 unspecified atom stereocenters. The summed E-state index contributed by atoms with van der Waals surface area (Å²) in [6.07, 6.45) is 0.992. The number of benzene rings is 2. The Kier molecular flexibility index (Phi) is 10.0. The van der Waals surface area contributed by atoms with Crippen molar-refractivity contribution in [3.8, 4) is 5.75 Å². The minimum atomic E-state index is -3.89. The molecule has 0 spiro atoms. The van der Waals surface area contributed by atoms with E-state index in [4.69, 9.17) is 4.74 Å². The third-order valence-corrected chi connectivity index (χ3v) is 6.70. The molecule has 2 aromatic rings. The molecule has 196 valence electrons. The van der Waals surface area contributed by atoms with Crippen molar-refractivity contribution in [2.24, 2.45) is 5.92 Å². The van der Waals surface area contributed by atoms with Crippen molar-refractivity contribution >= 4 is 33.3 Å². The van der Waals surface area contributed by atoms with E-state index in [2.05, 4.69) is 5.32 Å². The molecule has 0 saturated carbocycles. The summed E-state index contributed by atoms with van der Waals surface area (Å²) in [5.41, 5.74) is 1.23. The molecule has 0 aromatic heterocycles. The maximum absolute atomic E-state index is 13.6. The third-order valence-electron chi connectivity index (χ3n) is 5.56. The Labute approximate surface area is 213 Å². The first-order valence-corrected chi connectivity index (χ1v) is 13.5. The summed E-state index contributed by atoms with van der Waals surface area (Å²) in [7, 11) is -2.36. The van der Waals surface area contributed by atoms with Crippen molar-refractivity contribution in [3.63, 3.8) is 0 Å². The molecule has 0 bridgehead atoms. The number of sulfonamides is 1. The van der Waals surface area contributed by atoms with Gasteiger partial charge in [0, 0.05) is 18.7 Å². The second-order valence-corrected chi connectivity index (χ2v) is 11.0. The summed E-state index contributed by atoms with van der Waals surface area (Å²) in [6.45, 7) is 6.88. The van der Waals surface area contributed by atoms with Crippen LogP contribution in [-0.2, 0) is 26.2 Å². The lowest BCUT2D eigenvalue weighted by atomic mass is 10.1. The van der Waals surface area contributed by atoms with Crippen molar-refractivity contribution in [1.82, 2.24) is 10.2 Å². The topological polar surface area (TPSA) is 113 Å². The number of nitrogens with one attached hydrogen (secondary N) is 1. The number of Topliss-reactive ketones (excluding diaryl/α,β-unsaturated/α-hetero) is 1. The van der Waals surface area contributed by atoms with Gasteiger partial charge in [0.25, 0.3) is 0 Å². The van der Waals surface area contributed by atoms with Gasteiger partial charge in [-0.05, 0) is 49.6 Å². The Morgan fingerprint density at radius 3 is 2.28 bits per heavy atom. The van der Waals surface area contributed by atoms with E-state index in [1.807, 2.05) is 13.8 Å². The molecule has 0 saturated heterocycles. The summed E-state index contributed by atoms with van der Waals surface area (Å²) in [6, 6.07) is 12.3. The Morgan fingerprint density at radius 1 is 1.03 bits per heavy atom. The molecule has 9 nitrogen and oxygen atoms in total. The summed E-state index contributed by atoms with van der Waals surface area (Å²) in [5.74, 6) is -0.326. The average Bonchev–Trinajstić information content (AvgIpc) is 2.83. The molecule has 10 heteroatoms. The number of amides is 2. The molecule has 0 fully saturated rings. The van der Waals surface area contributed by atoms with Gasteiger partial charge in [-0.2, -0.15) is 0 Å². The van der Waals surface area contributed by atoms with E-state index >= 15 is 0 Å². The Hall–Kier alpha value is -3.40. The molecular weight excluding hydrogens is 482 g/mol. The standard InChI is InChI=1S/C26H35N3O6S/c1-18(2)15-27-26(32)19(3)28(16-21-9-7-12-24(13-21)35-5)25(31)17-29(36(6,33)34)23-11-8-10-22(14-23)20(4)30/h7-14,18-19H,15-17H2,1-6H3,(H,27,32). The highest BCUT2D eigenvalue weighted by atomic mass is 32.2. The van der Waals surface area contributed by atoms with Crippen LogP contribution >= 0.6 is 0 Å². The summed E-state index contributed by atoms with van der Waals surface area (Å²) >= 11 is 0. The molecule has 2 amide bonds. The second kappa shape index (κ2) is 12.5. The zero-order valence-electron chi connectivity index (χ0n) is 21.6. The van der Waals surface area contributed by atoms with E-state index in [9.17, 15) is 22.8 Å². The summed E-state index contributed by atoms with van der Waals surface area (Å²) in [5, 5.41) is 2.83. The molecule has 0 radical (unpaired) electrons. The summed E-state index contributed by atoms with van der Waals surface area (Å²) in [4.78, 5) is 39.6. The predicted molar refractivity (Wildman–Crippen MR) is 139 cm³/mol. The maximum atomic E-state index is 13.6. The number of ketones is 1. The highest BCUT2D eigenvalue weighted by Gasteiger charge is 2.30. The Balaban J connectivity index is 2.42. The average molecular weight is 518 g/mol. The van der Waals surface area contributed by atoms with E-state index < -0.39 is 28.5 Å². The van der Waals surface area contributed by atoms with Gasteiger partial charge in [0.2, 0.25) is 21.8 Å². The molecule has 0 heterocycles. The fourth-order valence-corrected chi connectivity index (χ4v) is 4.34. The van der Waals surface area contributed by atoms with E-state index in [0.29, 0.717) is 17.9 Å². The smallest absolute Gasteiger partial charge is 0.244 e. The number of nitrogens with zero attached hydrogens (tertiary/aromatic N) is 2. The van der Waals surface area contributed by atoms with Gasteiger partial charge in [-0.3, -0.25) is 18.7 Å². The molecule has 0 aliphatic carbocycles. The van der Waals surface area contributed by atoms with Gasteiger partial charge in [0.1, 0.15) is 18.3 Å². The van der Waals surface area contributed by atoms with Crippen LogP contribution in [0.3, 0.4) is 0 Å². The van der Waals surface area contributed by atoms with Crippen LogP contribution in [0.2, 0.25) is 0 Å². The van der Waals surface area contributed by atoms with Crippen LogP contribution in [0.25, 0.3) is 0 Å². The van der Waals surface area contributed by atoms with Crippen molar-refractivity contribution in [3.05, 3.63) is 59.7 Å². The predicted octanol–water partition coefficient (Wildman–Crippen LogP) is 2.85. The quantitative estimate of drug-likeness (QED) is 0.433. The van der Waals surface area contributed by atoms with E-state index in [1.54, 1.807) is 43.3 Å². The molecule has 36 heavy (non-hydrogen) atoms. The van der Waals surface area contributed by atoms with Gasteiger partial charge in [0.05, 0.1) is 19.1 Å². The zero-order valence-corrected chi connectivity index (χ0v) is 22.5.